The highest BCUT2D eigenvalue weighted by molar-refractivity contribution is 6.65. The number of para-hydroxylation sites is 1. The monoisotopic (exact) mass is 675 g/mol. The molecule has 0 spiro atoms. The third-order valence-corrected chi connectivity index (χ3v) is 8.67. The van der Waals surface area contributed by atoms with Gasteiger partial charge in [0, 0.05) is 24.8 Å². The molecule has 11 heteroatoms. The molecule has 1 aliphatic carbocycles. The Morgan fingerprint density at radius 2 is 1.83 bits per heavy atom. The van der Waals surface area contributed by atoms with Crippen LogP contribution in [0.25, 0.3) is 10.9 Å². The smallest absolute Gasteiger partial charge is 0.408 e. The second-order valence-corrected chi connectivity index (χ2v) is 13.6. The van der Waals surface area contributed by atoms with E-state index in [9.17, 15) is 14.4 Å². The van der Waals surface area contributed by atoms with Gasteiger partial charge >= 0.3 is 12.1 Å². The molecule has 5 rings (SSSR count). The Morgan fingerprint density at radius 1 is 1.08 bits per heavy atom. The van der Waals surface area contributed by atoms with Crippen LogP contribution in [0.2, 0.25) is 0 Å². The number of alkyl carbamates (subject to hydrolysis) is 1. The van der Waals surface area contributed by atoms with Crippen LogP contribution in [0.4, 0.5) is 4.79 Å². The van der Waals surface area contributed by atoms with E-state index < -0.39 is 28.8 Å². The number of rotatable bonds is 12. The van der Waals surface area contributed by atoms with E-state index >= 15 is 0 Å². The molecule has 1 amide bonds. The van der Waals surface area contributed by atoms with Crippen molar-refractivity contribution in [3.63, 3.8) is 0 Å². The standard InChI is InChI=1S/C37H42ClN3O7/c1-37(2,3)32(33(38)42)41-36(44)48-30-19-24(30)15-9-6-10-17-27-31(46-22-23-13-7-5-8-14-23)26-16-11-12-18-28(26)40-34(27)47-25-20-29(39-21-25)35(43)45-4/h5,7-8,11-14,16,18,24-25,29-30,32,39H,6,9,15,19-22H2,1-4H3,(H,41,44)/t24-,25-,29+,30-,32-/m1/s1. The van der Waals surface area contributed by atoms with Gasteiger partial charge < -0.3 is 29.6 Å². The third-order valence-electron chi connectivity index (χ3n) is 8.45. The van der Waals surface area contributed by atoms with Crippen molar-refractivity contribution in [2.45, 2.75) is 83.8 Å². The molecule has 0 bridgehead atoms. The van der Waals surface area contributed by atoms with Crippen LogP contribution < -0.4 is 20.1 Å². The number of benzene rings is 2. The molecular weight excluding hydrogens is 634 g/mol. The van der Waals surface area contributed by atoms with E-state index in [2.05, 4.69) is 22.5 Å². The van der Waals surface area contributed by atoms with Gasteiger partial charge in [-0.05, 0) is 59.9 Å². The van der Waals surface area contributed by atoms with Crippen LogP contribution in [0.5, 0.6) is 11.6 Å². The molecule has 48 heavy (non-hydrogen) atoms. The Kier molecular flexibility index (Phi) is 11.5. The van der Waals surface area contributed by atoms with Crippen molar-refractivity contribution in [1.82, 2.24) is 15.6 Å². The Balaban J connectivity index is 1.27. The molecule has 5 atom stereocenters. The van der Waals surface area contributed by atoms with Gasteiger partial charge in [-0.25, -0.2) is 9.78 Å². The maximum Gasteiger partial charge on any atom is 0.408 e. The maximum atomic E-state index is 12.4. The number of hydrogen-bond donors (Lipinski definition) is 2. The number of halogens is 1. The number of fused-ring (bicyclic) bond motifs is 1. The highest BCUT2D eigenvalue weighted by atomic mass is 35.5. The van der Waals surface area contributed by atoms with Crippen molar-refractivity contribution >= 4 is 39.8 Å². The first kappa shape index (κ1) is 35.0. The van der Waals surface area contributed by atoms with E-state index in [-0.39, 0.29) is 24.1 Å². The van der Waals surface area contributed by atoms with Gasteiger partial charge in [0.25, 0.3) is 0 Å². The summed E-state index contributed by atoms with van der Waals surface area (Å²) in [5.41, 5.74) is 1.75. The third kappa shape index (κ3) is 9.18. The normalized spacial score (nSPS) is 20.6. The molecule has 1 aromatic heterocycles. The van der Waals surface area contributed by atoms with Crippen molar-refractivity contribution in [3.05, 3.63) is 65.7 Å². The number of esters is 1. The zero-order valence-electron chi connectivity index (χ0n) is 27.7. The van der Waals surface area contributed by atoms with Crippen LogP contribution in [0.1, 0.15) is 64.0 Å². The van der Waals surface area contributed by atoms with E-state index in [1.165, 1.54) is 7.11 Å². The van der Waals surface area contributed by atoms with Crippen molar-refractivity contribution in [2.75, 3.05) is 13.7 Å². The summed E-state index contributed by atoms with van der Waals surface area (Å²) >= 11 is 5.69. The van der Waals surface area contributed by atoms with E-state index in [4.69, 9.17) is 35.5 Å². The molecule has 3 aromatic rings. The van der Waals surface area contributed by atoms with Gasteiger partial charge in [0.15, 0.2) is 0 Å². The molecule has 1 saturated heterocycles. The van der Waals surface area contributed by atoms with E-state index in [1.54, 1.807) is 0 Å². The molecule has 2 fully saturated rings. The molecule has 2 aliphatic rings. The molecule has 10 nitrogen and oxygen atoms in total. The second-order valence-electron chi connectivity index (χ2n) is 13.3. The molecule has 0 unspecified atom stereocenters. The number of hydrogen-bond acceptors (Lipinski definition) is 9. The van der Waals surface area contributed by atoms with Crippen LogP contribution in [-0.4, -0.2) is 60.2 Å². The average Bonchev–Trinajstić information content (AvgIpc) is 3.62. The first-order chi connectivity index (χ1) is 23.0. The summed E-state index contributed by atoms with van der Waals surface area (Å²) in [7, 11) is 1.37. The number of carbonyl (C=O) groups is 3. The fraction of sp³-hybridized carbons (Fsp3) is 0.459. The highest BCUT2D eigenvalue weighted by Gasteiger charge is 2.41. The molecule has 254 valence electrons. The lowest BCUT2D eigenvalue weighted by Crippen LogP contribution is -2.47. The van der Waals surface area contributed by atoms with Gasteiger partial charge in [-0.15, -0.1) is 0 Å². The van der Waals surface area contributed by atoms with Crippen LogP contribution in [0, 0.1) is 23.2 Å². The van der Waals surface area contributed by atoms with Gasteiger partial charge in [-0.1, -0.05) is 75.1 Å². The minimum atomic E-state index is -0.835. The van der Waals surface area contributed by atoms with Gasteiger partial charge in [-0.3, -0.25) is 9.59 Å². The molecular formula is C37H42ClN3O7. The largest absolute Gasteiger partial charge is 0.487 e. The van der Waals surface area contributed by atoms with Crippen LogP contribution in [0.3, 0.4) is 0 Å². The lowest BCUT2D eigenvalue weighted by Gasteiger charge is -2.27. The van der Waals surface area contributed by atoms with Gasteiger partial charge in [-0.2, -0.15) is 0 Å². The first-order valence-corrected chi connectivity index (χ1v) is 16.6. The van der Waals surface area contributed by atoms with Gasteiger partial charge in [0.2, 0.25) is 11.1 Å². The number of nitrogens with one attached hydrogen (secondary N) is 2. The summed E-state index contributed by atoms with van der Waals surface area (Å²) in [6, 6.07) is 16.3. The van der Waals surface area contributed by atoms with Crippen LogP contribution in [0.15, 0.2) is 54.6 Å². The molecule has 2 aromatic carbocycles. The average molecular weight is 676 g/mol. The number of carbonyl (C=O) groups excluding carboxylic acids is 3. The molecule has 2 N–H and O–H groups in total. The fourth-order valence-electron chi connectivity index (χ4n) is 5.68. The van der Waals surface area contributed by atoms with Crippen molar-refractivity contribution in [1.29, 1.82) is 0 Å². The van der Waals surface area contributed by atoms with Gasteiger partial charge in [0.05, 0.1) is 12.6 Å². The lowest BCUT2D eigenvalue weighted by molar-refractivity contribution is -0.142. The Bertz CT molecular complexity index is 1680. The number of nitrogens with zero attached hydrogens (tertiary/aromatic N) is 1. The molecule has 2 heterocycles. The van der Waals surface area contributed by atoms with Crippen molar-refractivity contribution in [2.24, 2.45) is 11.3 Å². The molecule has 0 radical (unpaired) electrons. The predicted molar refractivity (Wildman–Crippen MR) is 182 cm³/mol. The van der Waals surface area contributed by atoms with E-state index in [0.717, 1.165) is 30.2 Å². The number of unbranched alkanes of at least 4 members (excludes halogenated alkanes) is 1. The zero-order chi connectivity index (χ0) is 34.3. The predicted octanol–water partition coefficient (Wildman–Crippen LogP) is 5.91. The summed E-state index contributed by atoms with van der Waals surface area (Å²) in [4.78, 5) is 41.1. The first-order valence-electron chi connectivity index (χ1n) is 16.3. The van der Waals surface area contributed by atoms with Crippen molar-refractivity contribution in [3.8, 4) is 23.5 Å². The second kappa shape index (κ2) is 15.7. The minimum absolute atomic E-state index is 0.194. The number of pyridine rings is 1. The number of aromatic nitrogens is 1. The maximum absolute atomic E-state index is 12.4. The minimum Gasteiger partial charge on any atom is -0.487 e. The quantitative estimate of drug-likeness (QED) is 0.104. The zero-order valence-corrected chi connectivity index (χ0v) is 28.5. The number of amides is 1. The lowest BCUT2D eigenvalue weighted by atomic mass is 9.88. The number of ether oxygens (including phenoxy) is 4. The summed E-state index contributed by atoms with van der Waals surface area (Å²) < 4.78 is 23.3. The SMILES string of the molecule is COC(=O)[C@@H]1C[C@@H](Oc2nc3ccccc3c(OCc3ccccc3)c2C#CCCC[C@@H]2C[C@H]2OC(=O)N[C@H](C(=O)Cl)C(C)(C)C)CN1. The fourth-order valence-corrected chi connectivity index (χ4v) is 6.06. The van der Waals surface area contributed by atoms with Crippen LogP contribution in [-0.2, 0) is 25.7 Å². The topological polar surface area (TPSA) is 125 Å². The Hall–Kier alpha value is -4.33. The van der Waals surface area contributed by atoms with E-state index in [0.29, 0.717) is 48.7 Å². The molecule has 1 aliphatic heterocycles. The summed E-state index contributed by atoms with van der Waals surface area (Å²) in [5, 5.41) is 5.96. The Labute approximate surface area is 286 Å². The molecule has 1 saturated carbocycles. The van der Waals surface area contributed by atoms with Gasteiger partial charge in [0.1, 0.15) is 42.2 Å². The number of methoxy groups -OCH3 is 1. The highest BCUT2D eigenvalue weighted by Crippen LogP contribution is 2.39. The summed E-state index contributed by atoms with van der Waals surface area (Å²) in [6.45, 7) is 6.28. The van der Waals surface area contributed by atoms with Crippen molar-refractivity contribution < 1.29 is 33.3 Å². The van der Waals surface area contributed by atoms with Crippen LogP contribution >= 0.6 is 11.6 Å². The van der Waals surface area contributed by atoms with E-state index in [1.807, 2.05) is 75.4 Å². The Morgan fingerprint density at radius 3 is 2.56 bits per heavy atom. The summed E-state index contributed by atoms with van der Waals surface area (Å²) in [6.07, 6.45) is 2.31. The summed E-state index contributed by atoms with van der Waals surface area (Å²) in [5.74, 6) is 7.44.